The molecule has 1 aromatic carbocycles. The fourth-order valence-corrected chi connectivity index (χ4v) is 4.11. The van der Waals surface area contributed by atoms with Crippen LogP contribution in [0.2, 0.25) is 5.02 Å². The SMILES string of the molecule is O=S(=O)(c1ccc(Cl)cc1)N1CC(c2nc(-c3ncccn3)no2)C1. The minimum atomic E-state index is -3.55. The molecule has 10 heteroatoms. The highest BCUT2D eigenvalue weighted by Gasteiger charge is 2.40. The molecule has 0 saturated carbocycles. The molecule has 0 radical (unpaired) electrons. The Balaban J connectivity index is 1.47. The van der Waals surface area contributed by atoms with Crippen molar-refractivity contribution in [2.75, 3.05) is 13.1 Å². The van der Waals surface area contributed by atoms with E-state index in [0.717, 1.165) is 0 Å². The van der Waals surface area contributed by atoms with Gasteiger partial charge in [-0.05, 0) is 30.3 Å². The molecule has 0 N–H and O–H groups in total. The van der Waals surface area contributed by atoms with Crippen molar-refractivity contribution in [1.29, 1.82) is 0 Å². The highest BCUT2D eigenvalue weighted by Crippen LogP contribution is 2.32. The van der Waals surface area contributed by atoms with Crippen molar-refractivity contribution in [2.24, 2.45) is 0 Å². The second-order valence-corrected chi connectivity index (χ2v) is 7.88. The zero-order valence-corrected chi connectivity index (χ0v) is 14.4. The number of nitrogens with zero attached hydrogens (tertiary/aromatic N) is 5. The third-order valence-corrected chi connectivity index (χ3v) is 5.95. The van der Waals surface area contributed by atoms with Crippen molar-refractivity contribution >= 4 is 21.6 Å². The van der Waals surface area contributed by atoms with Crippen LogP contribution in [-0.2, 0) is 10.0 Å². The van der Waals surface area contributed by atoms with Crippen LogP contribution < -0.4 is 0 Å². The van der Waals surface area contributed by atoms with Gasteiger partial charge in [0.25, 0.3) is 0 Å². The predicted octanol–water partition coefficient (Wildman–Crippen LogP) is 1.97. The molecular formula is C15H12ClN5O3S. The number of aromatic nitrogens is 4. The zero-order valence-electron chi connectivity index (χ0n) is 12.8. The first-order chi connectivity index (χ1) is 12.0. The van der Waals surface area contributed by atoms with Crippen LogP contribution in [0, 0.1) is 0 Å². The van der Waals surface area contributed by atoms with E-state index < -0.39 is 10.0 Å². The smallest absolute Gasteiger partial charge is 0.243 e. The molecular weight excluding hydrogens is 366 g/mol. The van der Waals surface area contributed by atoms with E-state index in [9.17, 15) is 8.42 Å². The van der Waals surface area contributed by atoms with Gasteiger partial charge in [-0.3, -0.25) is 0 Å². The molecule has 3 heterocycles. The first-order valence-electron chi connectivity index (χ1n) is 7.41. The Kier molecular flexibility index (Phi) is 3.98. The van der Waals surface area contributed by atoms with E-state index in [4.69, 9.17) is 16.1 Å². The lowest BCUT2D eigenvalue weighted by atomic mass is 10.0. The van der Waals surface area contributed by atoms with Crippen LogP contribution in [0.3, 0.4) is 0 Å². The maximum absolute atomic E-state index is 12.5. The summed E-state index contributed by atoms with van der Waals surface area (Å²) >= 11 is 5.80. The van der Waals surface area contributed by atoms with Gasteiger partial charge in [0.1, 0.15) is 0 Å². The quantitative estimate of drug-likeness (QED) is 0.684. The minimum absolute atomic E-state index is 0.146. The Bertz CT molecular complexity index is 986. The normalized spacial score (nSPS) is 15.9. The van der Waals surface area contributed by atoms with Crippen LogP contribution in [0.25, 0.3) is 11.6 Å². The number of sulfonamides is 1. The molecule has 25 heavy (non-hydrogen) atoms. The van der Waals surface area contributed by atoms with E-state index in [0.29, 0.717) is 16.7 Å². The Morgan fingerprint density at radius 2 is 1.76 bits per heavy atom. The highest BCUT2D eigenvalue weighted by atomic mass is 35.5. The molecule has 0 spiro atoms. The molecule has 2 aromatic heterocycles. The van der Waals surface area contributed by atoms with Gasteiger partial charge in [-0.25, -0.2) is 18.4 Å². The molecule has 0 aliphatic carbocycles. The number of rotatable bonds is 4. The van der Waals surface area contributed by atoms with E-state index >= 15 is 0 Å². The zero-order chi connectivity index (χ0) is 17.4. The third kappa shape index (κ3) is 3.01. The minimum Gasteiger partial charge on any atom is -0.338 e. The highest BCUT2D eigenvalue weighted by molar-refractivity contribution is 7.89. The summed E-state index contributed by atoms with van der Waals surface area (Å²) in [5, 5.41) is 4.34. The van der Waals surface area contributed by atoms with Crippen molar-refractivity contribution in [3.63, 3.8) is 0 Å². The van der Waals surface area contributed by atoms with Gasteiger partial charge in [-0.15, -0.1) is 0 Å². The van der Waals surface area contributed by atoms with E-state index in [-0.39, 0.29) is 29.7 Å². The van der Waals surface area contributed by atoms with Gasteiger partial charge in [0.05, 0.1) is 10.8 Å². The van der Waals surface area contributed by atoms with Crippen LogP contribution in [0.15, 0.2) is 52.1 Å². The van der Waals surface area contributed by atoms with Crippen LogP contribution in [0.4, 0.5) is 0 Å². The van der Waals surface area contributed by atoms with Gasteiger partial charge in [-0.2, -0.15) is 9.29 Å². The van der Waals surface area contributed by atoms with Crippen LogP contribution in [0.1, 0.15) is 11.8 Å². The Morgan fingerprint density at radius 1 is 1.08 bits per heavy atom. The summed E-state index contributed by atoms with van der Waals surface area (Å²) in [6.45, 7) is 0.560. The van der Waals surface area contributed by atoms with Crippen molar-refractivity contribution in [3.05, 3.63) is 53.6 Å². The molecule has 0 unspecified atom stereocenters. The average molecular weight is 378 g/mol. The second-order valence-electron chi connectivity index (χ2n) is 5.50. The maximum Gasteiger partial charge on any atom is 0.243 e. The fraction of sp³-hybridized carbons (Fsp3) is 0.200. The Morgan fingerprint density at radius 3 is 2.44 bits per heavy atom. The molecule has 8 nitrogen and oxygen atoms in total. The van der Waals surface area contributed by atoms with Gasteiger partial charge in [0.2, 0.25) is 27.6 Å². The van der Waals surface area contributed by atoms with Crippen molar-refractivity contribution in [3.8, 4) is 11.6 Å². The molecule has 1 fully saturated rings. The predicted molar refractivity (Wildman–Crippen MR) is 88.3 cm³/mol. The van der Waals surface area contributed by atoms with E-state index in [1.165, 1.54) is 16.4 Å². The lowest BCUT2D eigenvalue weighted by molar-refractivity contribution is 0.217. The van der Waals surface area contributed by atoms with E-state index in [1.54, 1.807) is 30.6 Å². The van der Waals surface area contributed by atoms with Gasteiger partial charge in [-0.1, -0.05) is 16.8 Å². The lowest BCUT2D eigenvalue weighted by Gasteiger charge is -2.35. The number of benzene rings is 1. The molecule has 1 aliphatic heterocycles. The molecule has 0 bridgehead atoms. The standard InChI is InChI=1S/C15H12ClN5O3S/c16-11-2-4-12(5-3-11)25(22,23)21-8-10(9-21)15-19-14(20-24-15)13-17-6-1-7-18-13/h1-7,10H,8-9H2. The van der Waals surface area contributed by atoms with Crippen LogP contribution in [0.5, 0.6) is 0 Å². The molecule has 1 saturated heterocycles. The molecule has 0 amide bonds. The monoisotopic (exact) mass is 377 g/mol. The Labute approximate surface area is 148 Å². The second kappa shape index (κ2) is 6.17. The summed E-state index contributed by atoms with van der Waals surface area (Å²) in [6.07, 6.45) is 3.17. The molecule has 0 atom stereocenters. The largest absolute Gasteiger partial charge is 0.338 e. The average Bonchev–Trinajstić information content (AvgIpc) is 3.04. The summed E-state index contributed by atoms with van der Waals surface area (Å²) in [4.78, 5) is 12.6. The Hall–Kier alpha value is -2.36. The third-order valence-electron chi connectivity index (χ3n) is 3.86. The van der Waals surface area contributed by atoms with E-state index in [2.05, 4.69) is 20.1 Å². The fourth-order valence-electron chi connectivity index (χ4n) is 2.45. The van der Waals surface area contributed by atoms with Crippen LogP contribution in [-0.4, -0.2) is 45.9 Å². The van der Waals surface area contributed by atoms with Crippen molar-refractivity contribution in [1.82, 2.24) is 24.4 Å². The van der Waals surface area contributed by atoms with Crippen LogP contribution >= 0.6 is 11.6 Å². The topological polar surface area (TPSA) is 102 Å². The van der Waals surface area contributed by atoms with Crippen molar-refractivity contribution in [2.45, 2.75) is 10.8 Å². The summed E-state index contributed by atoms with van der Waals surface area (Å²) in [7, 11) is -3.55. The van der Waals surface area contributed by atoms with Gasteiger partial charge in [0, 0.05) is 30.5 Å². The molecule has 4 rings (SSSR count). The van der Waals surface area contributed by atoms with E-state index in [1.807, 2.05) is 0 Å². The number of hydrogen-bond donors (Lipinski definition) is 0. The maximum atomic E-state index is 12.5. The first-order valence-corrected chi connectivity index (χ1v) is 9.22. The molecule has 3 aromatic rings. The summed E-state index contributed by atoms with van der Waals surface area (Å²) in [5.41, 5.74) is 0. The van der Waals surface area contributed by atoms with Gasteiger partial charge >= 0.3 is 0 Å². The summed E-state index contributed by atoms with van der Waals surface area (Å²) < 4.78 is 31.6. The van der Waals surface area contributed by atoms with Crippen molar-refractivity contribution < 1.29 is 12.9 Å². The number of halogens is 1. The summed E-state index contributed by atoms with van der Waals surface area (Å²) in [5.74, 6) is 0.883. The number of hydrogen-bond acceptors (Lipinski definition) is 7. The first kappa shape index (κ1) is 16.1. The van der Waals surface area contributed by atoms with Gasteiger partial charge in [0.15, 0.2) is 0 Å². The molecule has 128 valence electrons. The molecule has 1 aliphatic rings. The van der Waals surface area contributed by atoms with Gasteiger partial charge < -0.3 is 4.52 Å². The summed E-state index contributed by atoms with van der Waals surface area (Å²) in [6, 6.07) is 7.77. The lowest BCUT2D eigenvalue weighted by Crippen LogP contribution is -2.48.